The minimum absolute atomic E-state index is 0.176. The lowest BCUT2D eigenvalue weighted by Crippen LogP contribution is -2.19. The largest absolute Gasteiger partial charge is 0.291 e. The Bertz CT molecular complexity index is 1030. The molecule has 0 atom stereocenters. The van der Waals surface area contributed by atoms with Crippen molar-refractivity contribution in [2.75, 3.05) is 0 Å². The zero-order valence-corrected chi connectivity index (χ0v) is 14.2. The Labute approximate surface area is 140 Å². The van der Waals surface area contributed by atoms with Crippen molar-refractivity contribution in [3.63, 3.8) is 0 Å². The summed E-state index contributed by atoms with van der Waals surface area (Å²) in [5, 5.41) is 4.04. The molecule has 5 heteroatoms. The Morgan fingerprint density at radius 2 is 1.75 bits per heavy atom. The third kappa shape index (κ3) is 2.99. The minimum atomic E-state index is -0.176. The standard InChI is InChI=1S/C19H18N4O/c1-13-9-15(3)16(10-14(13)2)5-6-18-20-7-8-23(18)17-11-19(24)22(4)21-12-17/h7-12H,1-4H3. The molecule has 0 saturated heterocycles. The van der Waals surface area contributed by atoms with E-state index in [-0.39, 0.29) is 5.56 Å². The molecule has 1 aromatic carbocycles. The molecule has 0 aliphatic carbocycles. The first-order valence-corrected chi connectivity index (χ1v) is 7.62. The van der Waals surface area contributed by atoms with E-state index in [4.69, 9.17) is 0 Å². The maximum Gasteiger partial charge on any atom is 0.268 e. The summed E-state index contributed by atoms with van der Waals surface area (Å²) in [5.41, 5.74) is 5.06. The monoisotopic (exact) mass is 318 g/mol. The molecule has 2 heterocycles. The molecule has 0 spiro atoms. The molecule has 0 unspecified atom stereocenters. The summed E-state index contributed by atoms with van der Waals surface area (Å²) in [6, 6.07) is 5.74. The summed E-state index contributed by atoms with van der Waals surface area (Å²) in [5.74, 6) is 6.85. The average molecular weight is 318 g/mol. The van der Waals surface area contributed by atoms with Crippen molar-refractivity contribution in [2.45, 2.75) is 20.8 Å². The summed E-state index contributed by atoms with van der Waals surface area (Å²) >= 11 is 0. The lowest BCUT2D eigenvalue weighted by molar-refractivity contribution is 0.701. The topological polar surface area (TPSA) is 52.7 Å². The Hall–Kier alpha value is -3.13. The summed E-state index contributed by atoms with van der Waals surface area (Å²) < 4.78 is 3.04. The highest BCUT2D eigenvalue weighted by Gasteiger charge is 2.05. The van der Waals surface area contributed by atoms with Crippen LogP contribution < -0.4 is 5.56 Å². The molecule has 0 amide bonds. The molecule has 0 aliphatic rings. The number of imidazole rings is 1. The van der Waals surface area contributed by atoms with Crippen LogP contribution in [0, 0.1) is 32.6 Å². The maximum absolute atomic E-state index is 11.8. The molecule has 0 N–H and O–H groups in total. The van der Waals surface area contributed by atoms with Gasteiger partial charge in [-0.1, -0.05) is 12.0 Å². The smallest absolute Gasteiger partial charge is 0.268 e. The number of hydrogen-bond donors (Lipinski definition) is 0. The number of benzene rings is 1. The van der Waals surface area contributed by atoms with Crippen molar-refractivity contribution >= 4 is 0 Å². The lowest BCUT2D eigenvalue weighted by atomic mass is 10.0. The van der Waals surface area contributed by atoms with Crippen molar-refractivity contribution in [3.8, 4) is 17.5 Å². The van der Waals surface area contributed by atoms with Crippen LogP contribution >= 0.6 is 0 Å². The van der Waals surface area contributed by atoms with E-state index in [2.05, 4.69) is 47.9 Å². The van der Waals surface area contributed by atoms with E-state index in [0.717, 1.165) is 11.1 Å². The van der Waals surface area contributed by atoms with Crippen LogP contribution in [0.1, 0.15) is 28.1 Å². The van der Waals surface area contributed by atoms with E-state index < -0.39 is 0 Å². The highest BCUT2D eigenvalue weighted by molar-refractivity contribution is 5.48. The molecule has 0 aliphatic heterocycles. The summed E-state index contributed by atoms with van der Waals surface area (Å²) in [6.45, 7) is 6.22. The predicted octanol–water partition coefficient (Wildman–Crippen LogP) is 2.29. The molecule has 3 aromatic rings. The van der Waals surface area contributed by atoms with Crippen molar-refractivity contribution in [1.29, 1.82) is 0 Å². The van der Waals surface area contributed by atoms with E-state index in [1.165, 1.54) is 21.9 Å². The Morgan fingerprint density at radius 3 is 2.50 bits per heavy atom. The molecule has 5 nitrogen and oxygen atoms in total. The molecule has 0 fully saturated rings. The van der Waals surface area contributed by atoms with Gasteiger partial charge >= 0.3 is 0 Å². The zero-order valence-electron chi connectivity index (χ0n) is 14.2. The first-order valence-electron chi connectivity index (χ1n) is 7.62. The molecule has 0 radical (unpaired) electrons. The van der Waals surface area contributed by atoms with Crippen LogP contribution in [0.3, 0.4) is 0 Å². The predicted molar refractivity (Wildman–Crippen MR) is 93.2 cm³/mol. The second-order valence-electron chi connectivity index (χ2n) is 5.80. The number of aryl methyl sites for hydroxylation is 4. The van der Waals surface area contributed by atoms with Gasteiger partial charge in [-0.25, -0.2) is 9.67 Å². The van der Waals surface area contributed by atoms with Crippen molar-refractivity contribution in [2.24, 2.45) is 7.05 Å². The Kier molecular flexibility index (Phi) is 4.05. The van der Waals surface area contributed by atoms with Crippen LogP contribution in [0.2, 0.25) is 0 Å². The van der Waals surface area contributed by atoms with Crippen molar-refractivity contribution in [1.82, 2.24) is 19.3 Å². The first-order chi connectivity index (χ1) is 11.5. The van der Waals surface area contributed by atoms with Gasteiger partial charge in [0.2, 0.25) is 0 Å². The molecule has 0 bridgehead atoms. The molecule has 24 heavy (non-hydrogen) atoms. The van der Waals surface area contributed by atoms with Gasteiger partial charge in [0.15, 0.2) is 5.82 Å². The van der Waals surface area contributed by atoms with Crippen LogP contribution in [0.25, 0.3) is 5.69 Å². The summed E-state index contributed by atoms with van der Waals surface area (Å²) in [7, 11) is 1.61. The van der Waals surface area contributed by atoms with Crippen LogP contribution in [-0.2, 0) is 7.05 Å². The second-order valence-corrected chi connectivity index (χ2v) is 5.80. The van der Waals surface area contributed by atoms with Gasteiger partial charge in [0, 0.05) is 31.1 Å². The average Bonchev–Trinajstić information content (AvgIpc) is 3.01. The molecule has 120 valence electrons. The highest BCUT2D eigenvalue weighted by atomic mass is 16.1. The third-order valence-corrected chi connectivity index (χ3v) is 4.02. The number of hydrogen-bond acceptors (Lipinski definition) is 3. The summed E-state index contributed by atoms with van der Waals surface area (Å²) in [4.78, 5) is 16.1. The van der Waals surface area contributed by atoms with E-state index in [1.807, 2.05) is 6.92 Å². The van der Waals surface area contributed by atoms with Gasteiger partial charge in [0.1, 0.15) is 0 Å². The van der Waals surface area contributed by atoms with Gasteiger partial charge < -0.3 is 0 Å². The van der Waals surface area contributed by atoms with Gasteiger partial charge in [-0.2, -0.15) is 5.10 Å². The molecule has 0 saturated carbocycles. The number of nitrogens with zero attached hydrogens (tertiary/aromatic N) is 4. The van der Waals surface area contributed by atoms with Crippen molar-refractivity contribution < 1.29 is 0 Å². The SMILES string of the molecule is Cc1cc(C)c(C#Cc2nccn2-c2cnn(C)c(=O)c2)cc1C. The molecular formula is C19H18N4O. The van der Waals surface area contributed by atoms with Gasteiger partial charge in [0.05, 0.1) is 11.9 Å². The van der Waals surface area contributed by atoms with E-state index in [1.54, 1.807) is 30.2 Å². The normalized spacial score (nSPS) is 10.3. The summed E-state index contributed by atoms with van der Waals surface area (Å²) in [6.07, 6.45) is 5.05. The van der Waals surface area contributed by atoms with E-state index in [9.17, 15) is 4.79 Å². The first kappa shape index (κ1) is 15.8. The quantitative estimate of drug-likeness (QED) is 0.647. The fourth-order valence-corrected chi connectivity index (χ4v) is 2.41. The third-order valence-electron chi connectivity index (χ3n) is 4.02. The van der Waals surface area contributed by atoms with Crippen LogP contribution in [0.15, 0.2) is 41.6 Å². The van der Waals surface area contributed by atoms with Crippen LogP contribution in [0.4, 0.5) is 0 Å². The number of rotatable bonds is 1. The number of aromatic nitrogens is 4. The molecular weight excluding hydrogens is 300 g/mol. The zero-order chi connectivity index (χ0) is 17.3. The second kappa shape index (κ2) is 6.17. The van der Waals surface area contributed by atoms with Crippen LogP contribution in [-0.4, -0.2) is 19.3 Å². The Morgan fingerprint density at radius 1 is 1.00 bits per heavy atom. The molecule has 2 aromatic heterocycles. The van der Waals surface area contributed by atoms with E-state index in [0.29, 0.717) is 11.5 Å². The highest BCUT2D eigenvalue weighted by Crippen LogP contribution is 2.14. The lowest BCUT2D eigenvalue weighted by Gasteiger charge is -2.05. The minimum Gasteiger partial charge on any atom is -0.291 e. The molecule has 3 rings (SSSR count). The van der Waals surface area contributed by atoms with Crippen molar-refractivity contribution in [3.05, 3.63) is 75.2 Å². The fraction of sp³-hybridized carbons (Fsp3) is 0.211. The van der Waals surface area contributed by atoms with Gasteiger partial charge in [-0.15, -0.1) is 0 Å². The van der Waals surface area contributed by atoms with Crippen LogP contribution in [0.5, 0.6) is 0 Å². The van der Waals surface area contributed by atoms with E-state index >= 15 is 0 Å². The van der Waals surface area contributed by atoms with Gasteiger partial charge in [-0.05, 0) is 49.4 Å². The van der Waals surface area contributed by atoms with Gasteiger partial charge in [0.25, 0.3) is 5.56 Å². The maximum atomic E-state index is 11.8. The van der Waals surface area contributed by atoms with Gasteiger partial charge in [-0.3, -0.25) is 9.36 Å². The Balaban J connectivity index is 2.02. The fourth-order valence-electron chi connectivity index (χ4n) is 2.41.